The van der Waals surface area contributed by atoms with Gasteiger partial charge in [-0.1, -0.05) is 0 Å². The number of halogens is 1. The van der Waals surface area contributed by atoms with Crippen LogP contribution in [-0.4, -0.2) is 19.0 Å². The Labute approximate surface area is 132 Å². The molecule has 0 amide bonds. The fourth-order valence-corrected chi connectivity index (χ4v) is 1.70. The Hall–Kier alpha value is -3.29. The molecule has 6 N–H and O–H groups in total. The van der Waals surface area contributed by atoms with E-state index < -0.39 is 5.82 Å². The number of ether oxygens (including phenoxy) is 2. The zero-order chi connectivity index (χ0) is 16.8. The van der Waals surface area contributed by atoms with Gasteiger partial charge in [0.2, 0.25) is 5.96 Å². The van der Waals surface area contributed by atoms with E-state index in [9.17, 15) is 4.39 Å². The van der Waals surface area contributed by atoms with Gasteiger partial charge in [0.25, 0.3) is 0 Å². The Bertz CT molecular complexity index is 740. The smallest absolute Gasteiger partial charge is 0.223 e. The van der Waals surface area contributed by atoms with Crippen LogP contribution in [0.25, 0.3) is 0 Å². The van der Waals surface area contributed by atoms with Crippen molar-refractivity contribution in [1.29, 1.82) is 0 Å². The van der Waals surface area contributed by atoms with Crippen molar-refractivity contribution in [3.8, 4) is 17.2 Å². The van der Waals surface area contributed by atoms with Crippen molar-refractivity contribution >= 4 is 17.6 Å². The fourth-order valence-electron chi connectivity index (χ4n) is 1.70. The van der Waals surface area contributed by atoms with Crippen molar-refractivity contribution in [2.45, 2.75) is 0 Å². The second-order valence-corrected chi connectivity index (χ2v) is 4.40. The molecule has 8 heteroatoms. The third-order valence-corrected chi connectivity index (χ3v) is 2.69. The topological polar surface area (TPSA) is 121 Å². The van der Waals surface area contributed by atoms with Crippen molar-refractivity contribution in [3.63, 3.8) is 0 Å². The summed E-state index contributed by atoms with van der Waals surface area (Å²) in [7, 11) is 1.56. The average Bonchev–Trinajstić information content (AvgIpc) is 2.50. The van der Waals surface area contributed by atoms with Gasteiger partial charge in [-0.05, 0) is 36.4 Å². The standard InChI is InChI=1S/C15H16FN5O2/c1-22-10-3-5-11(6-4-10)23-13-7-2-9(8-12(13)16)20-15(19)21-14(17)18/h2-8H,1H3,(H6,17,18,19,20,21). The molecule has 0 atom stereocenters. The zero-order valence-corrected chi connectivity index (χ0v) is 12.4. The molecule has 0 unspecified atom stereocenters. The molecular formula is C15H16FN5O2. The first-order chi connectivity index (χ1) is 11.0. The second kappa shape index (κ2) is 7.12. The van der Waals surface area contributed by atoms with E-state index in [-0.39, 0.29) is 23.4 Å². The highest BCUT2D eigenvalue weighted by atomic mass is 19.1. The Morgan fingerprint density at radius 1 is 1.00 bits per heavy atom. The van der Waals surface area contributed by atoms with E-state index in [4.69, 9.17) is 26.7 Å². The lowest BCUT2D eigenvalue weighted by Gasteiger charge is -2.08. The van der Waals surface area contributed by atoms with Crippen molar-refractivity contribution in [2.75, 3.05) is 7.11 Å². The lowest BCUT2D eigenvalue weighted by molar-refractivity contribution is 0.411. The third kappa shape index (κ3) is 4.60. The molecule has 0 radical (unpaired) electrons. The Morgan fingerprint density at radius 3 is 2.22 bits per heavy atom. The zero-order valence-electron chi connectivity index (χ0n) is 12.4. The SMILES string of the molecule is COc1ccc(Oc2ccc(N=C(N)N=C(N)N)cc2F)cc1. The monoisotopic (exact) mass is 317 g/mol. The quantitative estimate of drug-likeness (QED) is 0.587. The van der Waals surface area contributed by atoms with E-state index in [1.165, 1.54) is 12.1 Å². The number of nitrogens with zero attached hydrogens (tertiary/aromatic N) is 2. The number of hydrogen-bond donors (Lipinski definition) is 3. The second-order valence-electron chi connectivity index (χ2n) is 4.40. The lowest BCUT2D eigenvalue weighted by Crippen LogP contribution is -2.26. The molecule has 7 nitrogen and oxygen atoms in total. The van der Waals surface area contributed by atoms with Gasteiger partial charge in [-0.15, -0.1) is 0 Å². The molecule has 2 aromatic carbocycles. The van der Waals surface area contributed by atoms with Gasteiger partial charge in [0.15, 0.2) is 17.5 Å². The van der Waals surface area contributed by atoms with Gasteiger partial charge in [-0.25, -0.2) is 9.38 Å². The Kier molecular flexibility index (Phi) is 4.98. The Balaban J connectivity index is 2.17. The summed E-state index contributed by atoms with van der Waals surface area (Å²) in [6.45, 7) is 0. The summed E-state index contributed by atoms with van der Waals surface area (Å²) in [5.41, 5.74) is 16.1. The van der Waals surface area contributed by atoms with Crippen molar-refractivity contribution in [1.82, 2.24) is 0 Å². The molecule has 0 saturated heterocycles. The van der Waals surface area contributed by atoms with E-state index in [1.807, 2.05) is 0 Å². The van der Waals surface area contributed by atoms with Crippen LogP contribution < -0.4 is 26.7 Å². The Morgan fingerprint density at radius 2 is 1.65 bits per heavy atom. The van der Waals surface area contributed by atoms with Gasteiger partial charge in [0.05, 0.1) is 12.8 Å². The van der Waals surface area contributed by atoms with Gasteiger partial charge in [-0.3, -0.25) is 0 Å². The summed E-state index contributed by atoms with van der Waals surface area (Å²) in [4.78, 5) is 7.41. The minimum atomic E-state index is -0.598. The molecule has 0 spiro atoms. The first kappa shape index (κ1) is 16.1. The molecule has 120 valence electrons. The summed E-state index contributed by atoms with van der Waals surface area (Å²) >= 11 is 0. The maximum absolute atomic E-state index is 14.0. The predicted molar refractivity (Wildman–Crippen MR) is 86.6 cm³/mol. The molecule has 0 aliphatic carbocycles. The number of rotatable bonds is 4. The molecule has 0 fully saturated rings. The largest absolute Gasteiger partial charge is 0.497 e. The van der Waals surface area contributed by atoms with E-state index in [2.05, 4.69) is 9.98 Å². The summed E-state index contributed by atoms with van der Waals surface area (Å²) in [6.07, 6.45) is 0. The third-order valence-electron chi connectivity index (χ3n) is 2.69. The minimum absolute atomic E-state index is 0.0505. The number of nitrogens with two attached hydrogens (primary N) is 3. The van der Waals surface area contributed by atoms with E-state index >= 15 is 0 Å². The molecule has 23 heavy (non-hydrogen) atoms. The minimum Gasteiger partial charge on any atom is -0.497 e. The molecule has 0 aliphatic heterocycles. The molecule has 0 heterocycles. The van der Waals surface area contributed by atoms with Crippen LogP contribution in [0.4, 0.5) is 10.1 Å². The highest BCUT2D eigenvalue weighted by Gasteiger charge is 2.06. The number of methoxy groups -OCH3 is 1. The first-order valence-electron chi connectivity index (χ1n) is 6.53. The van der Waals surface area contributed by atoms with Crippen LogP contribution in [0, 0.1) is 5.82 Å². The van der Waals surface area contributed by atoms with Gasteiger partial charge in [0, 0.05) is 6.07 Å². The lowest BCUT2D eigenvalue weighted by atomic mass is 10.3. The van der Waals surface area contributed by atoms with Crippen LogP contribution in [0.2, 0.25) is 0 Å². The molecule has 0 aliphatic rings. The summed E-state index contributed by atoms with van der Waals surface area (Å²) in [5, 5.41) is 0. The number of guanidine groups is 2. The van der Waals surface area contributed by atoms with Crippen LogP contribution in [0.15, 0.2) is 52.4 Å². The van der Waals surface area contributed by atoms with Crippen LogP contribution in [0.1, 0.15) is 0 Å². The maximum atomic E-state index is 14.0. The van der Waals surface area contributed by atoms with E-state index in [1.54, 1.807) is 31.4 Å². The normalized spacial score (nSPS) is 11.0. The van der Waals surface area contributed by atoms with Crippen molar-refractivity contribution in [2.24, 2.45) is 27.2 Å². The number of aliphatic imine (C=N–C) groups is 2. The van der Waals surface area contributed by atoms with Gasteiger partial charge >= 0.3 is 0 Å². The fraction of sp³-hybridized carbons (Fsp3) is 0.0667. The molecule has 0 aromatic heterocycles. The molecular weight excluding hydrogens is 301 g/mol. The predicted octanol–water partition coefficient (Wildman–Crippen LogP) is 1.85. The summed E-state index contributed by atoms with van der Waals surface area (Å²) in [5.74, 6) is 0.201. The van der Waals surface area contributed by atoms with Crippen molar-refractivity contribution in [3.05, 3.63) is 48.3 Å². The summed E-state index contributed by atoms with van der Waals surface area (Å²) < 4.78 is 24.5. The van der Waals surface area contributed by atoms with E-state index in [0.29, 0.717) is 11.5 Å². The molecule has 2 aromatic rings. The van der Waals surface area contributed by atoms with E-state index in [0.717, 1.165) is 6.07 Å². The van der Waals surface area contributed by atoms with Gasteiger partial charge in [-0.2, -0.15) is 4.99 Å². The molecule has 0 bridgehead atoms. The summed E-state index contributed by atoms with van der Waals surface area (Å²) in [6, 6.07) is 10.9. The van der Waals surface area contributed by atoms with Gasteiger partial charge < -0.3 is 26.7 Å². The molecule has 0 saturated carbocycles. The first-order valence-corrected chi connectivity index (χ1v) is 6.53. The average molecular weight is 317 g/mol. The van der Waals surface area contributed by atoms with Crippen molar-refractivity contribution < 1.29 is 13.9 Å². The molecule has 2 rings (SSSR count). The van der Waals surface area contributed by atoms with Gasteiger partial charge in [0.1, 0.15) is 11.5 Å². The van der Waals surface area contributed by atoms with Crippen LogP contribution in [-0.2, 0) is 0 Å². The number of hydrogen-bond acceptors (Lipinski definition) is 3. The van der Waals surface area contributed by atoms with Crippen LogP contribution in [0.3, 0.4) is 0 Å². The maximum Gasteiger partial charge on any atom is 0.223 e. The van der Waals surface area contributed by atoms with Crippen LogP contribution in [0.5, 0.6) is 17.2 Å². The highest BCUT2D eigenvalue weighted by Crippen LogP contribution is 2.28. The highest BCUT2D eigenvalue weighted by molar-refractivity contribution is 5.93. The number of benzene rings is 2. The van der Waals surface area contributed by atoms with Crippen LogP contribution >= 0.6 is 0 Å².